The van der Waals surface area contributed by atoms with Crippen LogP contribution in [0.5, 0.6) is 11.5 Å². The molecule has 35 heavy (non-hydrogen) atoms. The highest BCUT2D eigenvalue weighted by molar-refractivity contribution is 7.80. The van der Waals surface area contributed by atoms with Crippen LogP contribution < -0.4 is 20.2 Å². The number of nitrogens with one attached hydrogen (secondary N) is 2. The second kappa shape index (κ2) is 12.8. The number of halogens is 2. The predicted octanol–water partition coefficient (Wildman–Crippen LogP) is 6.75. The molecule has 0 aliphatic rings. The summed E-state index contributed by atoms with van der Waals surface area (Å²) in [5, 5.41) is 8.42. The van der Waals surface area contributed by atoms with Crippen molar-refractivity contribution < 1.29 is 9.47 Å². The molecular formula is C27H29Cl2N3O2S. The number of thiocarbonyl (C=S) groups is 1. The first-order valence-electron chi connectivity index (χ1n) is 11.2. The lowest BCUT2D eigenvalue weighted by atomic mass is 9.87. The summed E-state index contributed by atoms with van der Waals surface area (Å²) >= 11 is 18.0. The molecule has 0 atom stereocenters. The average molecular weight is 531 g/mol. The Morgan fingerprint density at radius 2 is 1.57 bits per heavy atom. The summed E-state index contributed by atoms with van der Waals surface area (Å²) in [6, 6.07) is 21.5. The monoisotopic (exact) mass is 529 g/mol. The number of hydrazone groups is 1. The van der Waals surface area contributed by atoms with Gasteiger partial charge in [0, 0.05) is 6.54 Å². The van der Waals surface area contributed by atoms with E-state index in [1.165, 1.54) is 5.56 Å². The maximum absolute atomic E-state index is 6.38. The van der Waals surface area contributed by atoms with E-state index in [4.69, 9.17) is 44.9 Å². The van der Waals surface area contributed by atoms with Crippen molar-refractivity contribution >= 4 is 46.7 Å². The molecule has 0 spiro atoms. The lowest BCUT2D eigenvalue weighted by Gasteiger charge is -2.19. The number of ether oxygens (including phenoxy) is 2. The highest BCUT2D eigenvalue weighted by Gasteiger charge is 2.13. The zero-order chi connectivity index (χ0) is 25.3. The van der Waals surface area contributed by atoms with Gasteiger partial charge in [-0.1, -0.05) is 86.4 Å². The number of nitrogens with zero attached hydrogens (tertiary/aromatic N) is 1. The molecule has 8 heteroatoms. The first kappa shape index (κ1) is 26.8. The maximum Gasteiger partial charge on any atom is 0.187 e. The highest BCUT2D eigenvalue weighted by atomic mass is 35.5. The third-order valence-electron chi connectivity index (χ3n) is 5.02. The van der Waals surface area contributed by atoms with Gasteiger partial charge in [-0.2, -0.15) is 5.10 Å². The van der Waals surface area contributed by atoms with E-state index in [1.54, 1.807) is 18.3 Å². The van der Waals surface area contributed by atoms with Gasteiger partial charge in [-0.25, -0.2) is 0 Å². The molecule has 0 fully saturated rings. The molecule has 2 N–H and O–H groups in total. The lowest BCUT2D eigenvalue weighted by molar-refractivity contribution is 0.217. The van der Waals surface area contributed by atoms with Crippen molar-refractivity contribution in [2.75, 3.05) is 13.2 Å². The van der Waals surface area contributed by atoms with Crippen LogP contribution in [0.3, 0.4) is 0 Å². The molecule has 0 aromatic heterocycles. The number of rotatable bonds is 9. The van der Waals surface area contributed by atoms with Crippen molar-refractivity contribution in [3.8, 4) is 11.5 Å². The summed E-state index contributed by atoms with van der Waals surface area (Å²) in [5.41, 5.74) is 5.97. The van der Waals surface area contributed by atoms with Crippen molar-refractivity contribution in [1.29, 1.82) is 0 Å². The van der Waals surface area contributed by atoms with Crippen molar-refractivity contribution in [3.05, 3.63) is 93.5 Å². The van der Waals surface area contributed by atoms with Crippen LogP contribution in [-0.2, 0) is 12.0 Å². The van der Waals surface area contributed by atoms with E-state index in [2.05, 4.69) is 48.7 Å². The fourth-order valence-corrected chi connectivity index (χ4v) is 3.87. The summed E-state index contributed by atoms with van der Waals surface area (Å²) in [7, 11) is 0. The second-order valence-electron chi connectivity index (χ2n) is 8.82. The minimum absolute atomic E-state index is 0.104. The standard InChI is InChI=1S/C27H29Cl2N3O2S/c1-27(2,3)21-9-11-22(12-10-21)33-13-14-34-25-23(28)15-20(16-24(25)29)18-31-32-26(35)30-17-19-7-5-4-6-8-19/h4-12,15-16,18H,13-14,17H2,1-3H3,(H2,30,32,35)/b31-18+. The van der Waals surface area contributed by atoms with Crippen LogP contribution in [0, 0.1) is 0 Å². The molecule has 0 amide bonds. The van der Waals surface area contributed by atoms with Gasteiger partial charge < -0.3 is 14.8 Å². The van der Waals surface area contributed by atoms with Gasteiger partial charge in [0.25, 0.3) is 0 Å². The van der Waals surface area contributed by atoms with Crippen molar-refractivity contribution in [2.45, 2.75) is 32.7 Å². The van der Waals surface area contributed by atoms with Crippen LogP contribution in [0.25, 0.3) is 0 Å². The van der Waals surface area contributed by atoms with Gasteiger partial charge in [-0.05, 0) is 58.6 Å². The molecule has 3 rings (SSSR count). The molecule has 5 nitrogen and oxygen atoms in total. The first-order valence-corrected chi connectivity index (χ1v) is 12.3. The molecule has 184 valence electrons. The highest BCUT2D eigenvalue weighted by Crippen LogP contribution is 2.34. The molecule has 0 radical (unpaired) electrons. The summed E-state index contributed by atoms with van der Waals surface area (Å²) in [4.78, 5) is 0. The Hall–Kier alpha value is -2.80. The minimum atomic E-state index is 0.104. The molecule has 0 saturated heterocycles. The zero-order valence-corrected chi connectivity index (χ0v) is 22.3. The summed E-state index contributed by atoms with van der Waals surface area (Å²) in [6.45, 7) is 7.81. The third kappa shape index (κ3) is 8.73. The van der Waals surface area contributed by atoms with E-state index in [1.807, 2.05) is 42.5 Å². The van der Waals surface area contributed by atoms with E-state index >= 15 is 0 Å². The zero-order valence-electron chi connectivity index (χ0n) is 20.0. The van der Waals surface area contributed by atoms with Gasteiger partial charge in [0.05, 0.1) is 16.3 Å². The van der Waals surface area contributed by atoms with Crippen molar-refractivity contribution in [2.24, 2.45) is 5.10 Å². The van der Waals surface area contributed by atoms with Crippen LogP contribution in [0.1, 0.15) is 37.5 Å². The van der Waals surface area contributed by atoms with E-state index in [-0.39, 0.29) is 5.41 Å². The largest absolute Gasteiger partial charge is 0.490 e. The van der Waals surface area contributed by atoms with Crippen LogP contribution in [0.4, 0.5) is 0 Å². The Morgan fingerprint density at radius 1 is 0.943 bits per heavy atom. The Kier molecular flexibility index (Phi) is 9.78. The average Bonchev–Trinajstić information content (AvgIpc) is 2.82. The Balaban J connectivity index is 1.45. The SMILES string of the molecule is CC(C)(C)c1ccc(OCCOc2c(Cl)cc(/C=N/NC(=S)NCc3ccccc3)cc2Cl)cc1. The van der Waals surface area contributed by atoms with Crippen LogP contribution >= 0.6 is 35.4 Å². The number of benzene rings is 3. The fraction of sp³-hybridized carbons (Fsp3) is 0.259. The van der Waals surface area contributed by atoms with Gasteiger partial charge in [0.2, 0.25) is 0 Å². The van der Waals surface area contributed by atoms with Gasteiger partial charge in [-0.15, -0.1) is 0 Å². The molecule has 0 bridgehead atoms. The molecule has 0 aliphatic carbocycles. The number of hydrogen-bond acceptors (Lipinski definition) is 4. The van der Waals surface area contributed by atoms with Gasteiger partial charge in [0.15, 0.2) is 10.9 Å². The van der Waals surface area contributed by atoms with Gasteiger partial charge in [0.1, 0.15) is 19.0 Å². The summed E-state index contributed by atoms with van der Waals surface area (Å²) in [6.07, 6.45) is 1.59. The topological polar surface area (TPSA) is 54.9 Å². The Bertz CT molecular complexity index is 1120. The van der Waals surface area contributed by atoms with Crippen LogP contribution in [0.15, 0.2) is 71.8 Å². The Labute approximate surface area is 222 Å². The molecular weight excluding hydrogens is 501 g/mol. The molecule has 3 aromatic carbocycles. The number of hydrogen-bond donors (Lipinski definition) is 2. The molecule has 0 unspecified atom stereocenters. The minimum Gasteiger partial charge on any atom is -0.490 e. The third-order valence-corrected chi connectivity index (χ3v) is 5.81. The fourth-order valence-electron chi connectivity index (χ4n) is 3.13. The maximum atomic E-state index is 6.38. The van der Waals surface area contributed by atoms with Gasteiger partial charge in [-0.3, -0.25) is 5.43 Å². The lowest BCUT2D eigenvalue weighted by Crippen LogP contribution is -2.31. The quantitative estimate of drug-likeness (QED) is 0.139. The van der Waals surface area contributed by atoms with E-state index in [0.717, 1.165) is 11.3 Å². The van der Waals surface area contributed by atoms with E-state index < -0.39 is 0 Å². The normalized spacial score (nSPS) is 11.3. The second-order valence-corrected chi connectivity index (χ2v) is 10.0. The molecule has 3 aromatic rings. The van der Waals surface area contributed by atoms with Crippen molar-refractivity contribution in [1.82, 2.24) is 10.7 Å². The Morgan fingerprint density at radius 3 is 2.20 bits per heavy atom. The molecule has 0 aliphatic heterocycles. The summed E-state index contributed by atoms with van der Waals surface area (Å²) in [5.74, 6) is 1.19. The smallest absolute Gasteiger partial charge is 0.187 e. The van der Waals surface area contributed by atoms with Crippen LogP contribution in [-0.4, -0.2) is 24.5 Å². The first-order chi connectivity index (χ1) is 16.7. The summed E-state index contributed by atoms with van der Waals surface area (Å²) < 4.78 is 11.5. The van der Waals surface area contributed by atoms with Crippen LogP contribution in [0.2, 0.25) is 10.0 Å². The van der Waals surface area contributed by atoms with Crippen molar-refractivity contribution in [3.63, 3.8) is 0 Å². The predicted molar refractivity (Wildman–Crippen MR) is 149 cm³/mol. The van der Waals surface area contributed by atoms with E-state index in [9.17, 15) is 0 Å². The van der Waals surface area contributed by atoms with E-state index in [0.29, 0.717) is 46.2 Å². The molecule has 0 saturated carbocycles. The van der Waals surface area contributed by atoms with Gasteiger partial charge >= 0.3 is 0 Å². The molecule has 0 heterocycles.